The van der Waals surface area contributed by atoms with Crippen LogP contribution in [0.2, 0.25) is 0 Å². The Kier molecular flexibility index (Phi) is 9.93. The van der Waals surface area contributed by atoms with Crippen LogP contribution < -0.4 is 78.2 Å². The van der Waals surface area contributed by atoms with Crippen LogP contribution in [0.4, 0.5) is 0 Å². The zero-order valence-corrected chi connectivity index (χ0v) is 13.7. The summed E-state index contributed by atoms with van der Waals surface area (Å²) in [6.07, 6.45) is 0. The van der Waals surface area contributed by atoms with E-state index in [1.165, 1.54) is 31.4 Å². The van der Waals surface area contributed by atoms with Gasteiger partial charge < -0.3 is 23.6 Å². The maximum absolute atomic E-state index is 10.2. The van der Waals surface area contributed by atoms with E-state index in [2.05, 4.69) is 4.52 Å². The molecule has 0 spiro atoms. The maximum atomic E-state index is 10.2. The number of hydrogen-bond acceptors (Lipinski definition) is 5. The molecule has 0 fully saturated rings. The predicted molar refractivity (Wildman–Crippen MR) is 41.2 cm³/mol. The van der Waals surface area contributed by atoms with Crippen molar-refractivity contribution in [2.45, 2.75) is 0 Å². The molecule has 0 aliphatic rings. The summed E-state index contributed by atoms with van der Waals surface area (Å²) in [5.41, 5.74) is 0. The molecule has 0 saturated carbocycles. The standard InChI is InChI=1S/C7H9O5P.2Na/c1-11-6-2-4-7(5-3-6)12-13(8,9)10;;/h2-5H,1H3,(H2,8,9,10);;/q;2*+1/p-2. The normalized spacial score (nSPS) is 9.53. The molecule has 0 bridgehead atoms. The van der Waals surface area contributed by atoms with Gasteiger partial charge in [0.2, 0.25) is 0 Å². The number of rotatable bonds is 3. The third-order valence-corrected chi connectivity index (χ3v) is 1.71. The Balaban J connectivity index is 0. The van der Waals surface area contributed by atoms with Crippen LogP contribution in [0.1, 0.15) is 0 Å². The average molecular weight is 248 g/mol. The summed E-state index contributed by atoms with van der Waals surface area (Å²) >= 11 is 0. The maximum Gasteiger partial charge on any atom is 1.00 e. The first kappa shape index (κ1) is 18.3. The van der Waals surface area contributed by atoms with Crippen LogP contribution in [0.25, 0.3) is 0 Å². The van der Waals surface area contributed by atoms with Crippen LogP contribution in [-0.2, 0) is 4.57 Å². The molecule has 5 nitrogen and oxygen atoms in total. The zero-order valence-electron chi connectivity index (χ0n) is 8.80. The molecule has 72 valence electrons. The van der Waals surface area contributed by atoms with Gasteiger partial charge in [0, 0.05) is 0 Å². The van der Waals surface area contributed by atoms with Gasteiger partial charge in [-0.15, -0.1) is 0 Å². The van der Waals surface area contributed by atoms with Crippen LogP contribution in [0.5, 0.6) is 11.5 Å². The molecule has 0 unspecified atom stereocenters. The Hall–Kier alpha value is 0.970. The van der Waals surface area contributed by atoms with Gasteiger partial charge in [0.1, 0.15) is 19.3 Å². The molecule has 0 aromatic heterocycles. The fourth-order valence-corrected chi connectivity index (χ4v) is 1.15. The van der Waals surface area contributed by atoms with Crippen molar-refractivity contribution < 1.29 is 82.7 Å². The van der Waals surface area contributed by atoms with E-state index < -0.39 is 7.82 Å². The van der Waals surface area contributed by atoms with Crippen LogP contribution in [-0.4, -0.2) is 7.11 Å². The summed E-state index contributed by atoms with van der Waals surface area (Å²) in [6.45, 7) is 0. The van der Waals surface area contributed by atoms with E-state index in [1.807, 2.05) is 0 Å². The van der Waals surface area contributed by atoms with Crippen molar-refractivity contribution in [3.05, 3.63) is 24.3 Å². The fourth-order valence-electron chi connectivity index (χ4n) is 0.766. The van der Waals surface area contributed by atoms with Crippen LogP contribution >= 0.6 is 7.82 Å². The van der Waals surface area contributed by atoms with Crippen molar-refractivity contribution in [3.63, 3.8) is 0 Å². The second kappa shape index (κ2) is 8.12. The van der Waals surface area contributed by atoms with E-state index in [0.29, 0.717) is 5.75 Å². The summed E-state index contributed by atoms with van der Waals surface area (Å²) < 4.78 is 19.1. The molecule has 1 aromatic rings. The number of benzene rings is 1. The van der Waals surface area contributed by atoms with Gasteiger partial charge >= 0.3 is 59.1 Å². The number of methoxy groups -OCH3 is 1. The van der Waals surface area contributed by atoms with Crippen molar-refractivity contribution in [2.75, 3.05) is 7.11 Å². The molecule has 15 heavy (non-hydrogen) atoms. The molecule has 0 atom stereocenters. The summed E-state index contributed by atoms with van der Waals surface area (Å²) in [6, 6.07) is 5.65. The van der Waals surface area contributed by atoms with Crippen LogP contribution in [0.15, 0.2) is 24.3 Å². The van der Waals surface area contributed by atoms with Gasteiger partial charge in [0.25, 0.3) is 0 Å². The molecule has 0 heterocycles. The van der Waals surface area contributed by atoms with Crippen molar-refractivity contribution >= 4 is 7.82 Å². The molecule has 0 radical (unpaired) electrons. The van der Waals surface area contributed by atoms with Gasteiger partial charge in [-0.25, -0.2) is 0 Å². The van der Waals surface area contributed by atoms with Gasteiger partial charge in [-0.2, -0.15) is 0 Å². The average Bonchev–Trinajstić information content (AvgIpc) is 2.03. The topological polar surface area (TPSA) is 81.7 Å². The molecule has 0 N–H and O–H groups in total. The first-order valence-corrected chi connectivity index (χ1v) is 4.83. The first-order chi connectivity index (χ1) is 6.01. The molecule has 1 aromatic carbocycles. The Morgan fingerprint density at radius 1 is 1.07 bits per heavy atom. The van der Waals surface area contributed by atoms with E-state index in [9.17, 15) is 14.4 Å². The van der Waals surface area contributed by atoms with E-state index >= 15 is 0 Å². The smallest absolute Gasteiger partial charge is 0.780 e. The number of phosphoric ester groups is 1. The van der Waals surface area contributed by atoms with Gasteiger partial charge in [-0.1, -0.05) is 0 Å². The minimum Gasteiger partial charge on any atom is -0.780 e. The van der Waals surface area contributed by atoms with Crippen LogP contribution in [0, 0.1) is 0 Å². The van der Waals surface area contributed by atoms with Gasteiger partial charge in [-0.3, -0.25) is 0 Å². The van der Waals surface area contributed by atoms with Crippen molar-refractivity contribution in [1.82, 2.24) is 0 Å². The second-order valence-corrected chi connectivity index (χ2v) is 3.29. The summed E-state index contributed by atoms with van der Waals surface area (Å²) in [7, 11) is -3.48. The van der Waals surface area contributed by atoms with Crippen molar-refractivity contribution in [1.29, 1.82) is 0 Å². The second-order valence-electron chi connectivity index (χ2n) is 2.21. The molecule has 0 aliphatic carbocycles. The third kappa shape index (κ3) is 7.80. The Bertz CT molecular complexity index is 323. The Morgan fingerprint density at radius 3 is 1.80 bits per heavy atom. The summed E-state index contributed by atoms with van der Waals surface area (Å²) in [5.74, 6) is 0.535. The number of hydrogen-bond donors (Lipinski definition) is 0. The zero-order chi connectivity index (χ0) is 9.90. The molecular weight excluding hydrogens is 241 g/mol. The predicted octanol–water partition coefficient (Wildman–Crippen LogP) is -6.09. The molecular formula is C7H7Na2O5P. The quantitative estimate of drug-likeness (QED) is 0.393. The SMILES string of the molecule is COc1ccc(OP(=O)([O-])[O-])cc1.[Na+].[Na+]. The molecule has 0 aliphatic heterocycles. The van der Waals surface area contributed by atoms with Gasteiger partial charge in [0.15, 0.2) is 0 Å². The van der Waals surface area contributed by atoms with E-state index in [4.69, 9.17) is 4.74 Å². The number of ether oxygens (including phenoxy) is 1. The Labute approximate surface area is 132 Å². The van der Waals surface area contributed by atoms with Crippen molar-refractivity contribution in [3.8, 4) is 11.5 Å². The first-order valence-electron chi connectivity index (χ1n) is 3.37. The van der Waals surface area contributed by atoms with E-state index in [0.717, 1.165) is 0 Å². The molecule has 1 rings (SSSR count). The van der Waals surface area contributed by atoms with E-state index in [1.54, 1.807) is 0 Å². The molecule has 0 amide bonds. The minimum absolute atomic E-state index is 0. The summed E-state index contributed by atoms with van der Waals surface area (Å²) in [5, 5.41) is 0. The monoisotopic (exact) mass is 248 g/mol. The molecule has 0 saturated heterocycles. The van der Waals surface area contributed by atoms with Crippen molar-refractivity contribution in [2.24, 2.45) is 0 Å². The van der Waals surface area contributed by atoms with Gasteiger partial charge in [-0.05, 0) is 24.3 Å². The summed E-state index contributed by atoms with van der Waals surface area (Å²) in [4.78, 5) is 20.3. The molecule has 8 heteroatoms. The van der Waals surface area contributed by atoms with E-state index in [-0.39, 0.29) is 64.9 Å². The Morgan fingerprint density at radius 2 is 1.47 bits per heavy atom. The largest absolute Gasteiger partial charge is 1.00 e. The van der Waals surface area contributed by atoms with Gasteiger partial charge in [0.05, 0.1) is 7.11 Å². The number of phosphoric acid groups is 1. The third-order valence-electron chi connectivity index (χ3n) is 1.28. The minimum atomic E-state index is -4.95. The van der Waals surface area contributed by atoms with Crippen LogP contribution in [0.3, 0.4) is 0 Å². The fraction of sp³-hybridized carbons (Fsp3) is 0.143.